The molecule has 22 heavy (non-hydrogen) atoms. The highest BCUT2D eigenvalue weighted by atomic mass is 35.5. The van der Waals surface area contributed by atoms with Crippen LogP contribution < -0.4 is 0 Å². The number of carbonyl (C=O) groups is 2. The third-order valence-corrected chi connectivity index (χ3v) is 4.41. The first-order chi connectivity index (χ1) is 10.5. The molecule has 0 aromatic heterocycles. The van der Waals surface area contributed by atoms with Gasteiger partial charge in [-0.05, 0) is 30.0 Å². The van der Waals surface area contributed by atoms with Gasteiger partial charge in [-0.15, -0.1) is 0 Å². The minimum atomic E-state index is -0.830. The first-order valence-corrected chi connectivity index (χ1v) is 7.84. The van der Waals surface area contributed by atoms with Crippen LogP contribution in [0, 0.1) is 11.8 Å². The largest absolute Gasteiger partial charge is 0.481 e. The summed E-state index contributed by atoms with van der Waals surface area (Å²) in [6.07, 6.45) is 2.35. The van der Waals surface area contributed by atoms with Crippen molar-refractivity contribution in [1.29, 1.82) is 0 Å². The third-order valence-electron chi connectivity index (χ3n) is 4.16. The van der Waals surface area contributed by atoms with Gasteiger partial charge in [0.1, 0.15) is 0 Å². The number of hydrogen-bond donors (Lipinski definition) is 1. The number of nitrogens with zero attached hydrogens (tertiary/aromatic N) is 1. The maximum Gasteiger partial charge on any atom is 0.308 e. The number of carboxylic acid groups (broad SMARTS) is 1. The van der Waals surface area contributed by atoms with E-state index < -0.39 is 11.9 Å². The summed E-state index contributed by atoms with van der Waals surface area (Å²) in [7, 11) is 5.50. The Kier molecular flexibility index (Phi) is 5.89. The molecule has 6 heteroatoms. The van der Waals surface area contributed by atoms with E-state index in [0.29, 0.717) is 17.9 Å². The van der Waals surface area contributed by atoms with E-state index in [-0.39, 0.29) is 24.8 Å². The molecule has 2 rings (SSSR count). The molecule has 1 aromatic rings. The fraction of sp³-hybridized carbons (Fsp3) is 0.500. The van der Waals surface area contributed by atoms with Crippen LogP contribution in [0.15, 0.2) is 24.3 Å². The molecular formula is C16H19BClNO3. The van der Waals surface area contributed by atoms with E-state index in [1.165, 1.54) is 0 Å². The van der Waals surface area contributed by atoms with Crippen molar-refractivity contribution in [1.82, 2.24) is 4.90 Å². The number of hydrogen-bond acceptors (Lipinski definition) is 2. The highest BCUT2D eigenvalue weighted by molar-refractivity contribution is 6.30. The second-order valence-electron chi connectivity index (χ2n) is 5.74. The predicted molar refractivity (Wildman–Crippen MR) is 86.1 cm³/mol. The zero-order valence-corrected chi connectivity index (χ0v) is 13.1. The van der Waals surface area contributed by atoms with E-state index in [4.69, 9.17) is 19.4 Å². The van der Waals surface area contributed by atoms with Gasteiger partial charge in [0.2, 0.25) is 5.91 Å². The predicted octanol–water partition coefficient (Wildman–Crippen LogP) is 2.41. The average Bonchev–Trinajstić information content (AvgIpc) is 2.92. The van der Waals surface area contributed by atoms with Crippen LogP contribution in [0.1, 0.15) is 18.4 Å². The van der Waals surface area contributed by atoms with Gasteiger partial charge in [0, 0.05) is 18.1 Å². The van der Waals surface area contributed by atoms with E-state index >= 15 is 0 Å². The minimum absolute atomic E-state index is 0.00443. The van der Waals surface area contributed by atoms with E-state index in [1.807, 2.05) is 12.1 Å². The monoisotopic (exact) mass is 319 g/mol. The number of aliphatic carboxylic acids is 1. The zero-order chi connectivity index (χ0) is 16.1. The fourth-order valence-corrected chi connectivity index (χ4v) is 3.04. The summed E-state index contributed by atoms with van der Waals surface area (Å²) < 4.78 is 0. The maximum absolute atomic E-state index is 12.4. The lowest BCUT2D eigenvalue weighted by atomic mass is 9.88. The van der Waals surface area contributed by atoms with E-state index in [9.17, 15) is 14.7 Å². The molecule has 1 aromatic carbocycles. The van der Waals surface area contributed by atoms with Gasteiger partial charge < -0.3 is 10.0 Å². The van der Waals surface area contributed by atoms with Crippen LogP contribution in [0.2, 0.25) is 11.3 Å². The fourth-order valence-electron chi connectivity index (χ4n) is 2.92. The van der Waals surface area contributed by atoms with Crippen molar-refractivity contribution in [3.8, 4) is 0 Å². The summed E-state index contributed by atoms with van der Waals surface area (Å²) in [6, 6.07) is 7.13. The Morgan fingerprint density at radius 3 is 2.55 bits per heavy atom. The van der Waals surface area contributed by atoms with Crippen molar-refractivity contribution in [2.45, 2.75) is 25.6 Å². The lowest BCUT2D eigenvalue weighted by Gasteiger charge is -2.16. The molecule has 0 bridgehead atoms. The Bertz CT molecular complexity index is 535. The second-order valence-corrected chi connectivity index (χ2v) is 6.17. The molecule has 1 heterocycles. The summed E-state index contributed by atoms with van der Waals surface area (Å²) in [5.41, 5.74) is 0.881. The lowest BCUT2D eigenvalue weighted by molar-refractivity contribution is -0.142. The number of benzene rings is 1. The van der Waals surface area contributed by atoms with Gasteiger partial charge in [-0.3, -0.25) is 9.59 Å². The number of likely N-dealkylation sites (tertiary alicyclic amines) is 1. The topological polar surface area (TPSA) is 57.6 Å². The maximum atomic E-state index is 12.4. The standard InChI is InChI=1S/C16H19BClNO3/c17-7-1-2-12-9-19(10-14(12)16(21)22)15(20)8-11-3-5-13(18)6-4-11/h3-6,12,14H,1-2,7-10H2,(H,21,22). The number of carbonyl (C=O) groups excluding carboxylic acids is 1. The molecule has 2 radical (unpaired) electrons. The Labute approximate surface area is 136 Å². The Morgan fingerprint density at radius 2 is 1.95 bits per heavy atom. The minimum Gasteiger partial charge on any atom is -0.481 e. The molecule has 1 amide bonds. The van der Waals surface area contributed by atoms with Crippen LogP contribution in [0.4, 0.5) is 0 Å². The number of halogens is 1. The lowest BCUT2D eigenvalue weighted by Crippen LogP contribution is -2.31. The molecule has 1 aliphatic heterocycles. The molecule has 0 aliphatic carbocycles. The second kappa shape index (κ2) is 7.68. The van der Waals surface area contributed by atoms with Crippen LogP contribution >= 0.6 is 11.6 Å². The Hall–Kier alpha value is -1.49. The van der Waals surface area contributed by atoms with Gasteiger partial charge in [0.05, 0.1) is 20.2 Å². The van der Waals surface area contributed by atoms with Gasteiger partial charge in [-0.1, -0.05) is 36.5 Å². The van der Waals surface area contributed by atoms with Crippen molar-refractivity contribution in [2.24, 2.45) is 11.8 Å². The average molecular weight is 320 g/mol. The van der Waals surface area contributed by atoms with Crippen molar-refractivity contribution in [2.75, 3.05) is 13.1 Å². The normalized spacial score (nSPS) is 21.0. The highest BCUT2D eigenvalue weighted by Gasteiger charge is 2.38. The van der Waals surface area contributed by atoms with Crippen LogP contribution in [0.5, 0.6) is 0 Å². The van der Waals surface area contributed by atoms with Gasteiger partial charge in [0.25, 0.3) is 0 Å². The molecule has 1 aliphatic rings. The van der Waals surface area contributed by atoms with Crippen molar-refractivity contribution >= 4 is 31.3 Å². The van der Waals surface area contributed by atoms with Gasteiger partial charge >= 0.3 is 5.97 Å². The molecule has 1 saturated heterocycles. The van der Waals surface area contributed by atoms with E-state index in [2.05, 4.69) is 0 Å². The summed E-state index contributed by atoms with van der Waals surface area (Å²) in [5, 5.41) is 9.95. The summed E-state index contributed by atoms with van der Waals surface area (Å²) in [4.78, 5) is 25.4. The summed E-state index contributed by atoms with van der Waals surface area (Å²) >= 11 is 5.83. The van der Waals surface area contributed by atoms with E-state index in [0.717, 1.165) is 18.4 Å². The molecule has 0 spiro atoms. The molecule has 116 valence electrons. The number of amides is 1. The van der Waals surface area contributed by atoms with Gasteiger partial charge in [0.15, 0.2) is 0 Å². The first-order valence-electron chi connectivity index (χ1n) is 7.46. The third kappa shape index (κ3) is 4.26. The van der Waals surface area contributed by atoms with Crippen LogP contribution in [-0.2, 0) is 16.0 Å². The van der Waals surface area contributed by atoms with Crippen molar-refractivity contribution in [3.05, 3.63) is 34.9 Å². The SMILES string of the molecule is [B]CCCC1CN(C(=O)Cc2ccc(Cl)cc2)CC1C(=O)O. The highest BCUT2D eigenvalue weighted by Crippen LogP contribution is 2.28. The molecule has 0 saturated carbocycles. The van der Waals surface area contributed by atoms with E-state index in [1.54, 1.807) is 17.0 Å². The summed E-state index contributed by atoms with van der Waals surface area (Å²) in [6.45, 7) is 0.792. The Balaban J connectivity index is 1.98. The molecule has 2 unspecified atom stereocenters. The molecule has 1 fully saturated rings. The van der Waals surface area contributed by atoms with Gasteiger partial charge in [-0.25, -0.2) is 0 Å². The molecule has 4 nitrogen and oxygen atoms in total. The molecule has 2 atom stereocenters. The van der Waals surface area contributed by atoms with Crippen LogP contribution in [0.3, 0.4) is 0 Å². The number of carboxylic acids is 1. The van der Waals surface area contributed by atoms with Crippen LogP contribution in [0.25, 0.3) is 0 Å². The molecular weight excluding hydrogens is 300 g/mol. The zero-order valence-electron chi connectivity index (χ0n) is 12.4. The molecule has 1 N–H and O–H groups in total. The van der Waals surface area contributed by atoms with Crippen molar-refractivity contribution in [3.63, 3.8) is 0 Å². The Morgan fingerprint density at radius 1 is 1.27 bits per heavy atom. The van der Waals surface area contributed by atoms with Crippen LogP contribution in [-0.4, -0.2) is 42.8 Å². The first kappa shape index (κ1) is 16.9. The number of rotatable bonds is 6. The smallest absolute Gasteiger partial charge is 0.308 e. The van der Waals surface area contributed by atoms with Crippen molar-refractivity contribution < 1.29 is 14.7 Å². The summed E-state index contributed by atoms with van der Waals surface area (Å²) in [5.74, 6) is -1.36. The quantitative estimate of drug-likeness (QED) is 0.819. The van der Waals surface area contributed by atoms with Gasteiger partial charge in [-0.2, -0.15) is 0 Å².